The first-order valence-electron chi connectivity index (χ1n) is 10.7. The van der Waals surface area contributed by atoms with Crippen LogP contribution in [0.15, 0.2) is 66.7 Å². The molecule has 0 saturated carbocycles. The summed E-state index contributed by atoms with van der Waals surface area (Å²) in [5.41, 5.74) is 5.12. The maximum Gasteiger partial charge on any atom is 0.273 e. The number of aromatic hydroxyl groups is 1. The molecule has 33 heavy (non-hydrogen) atoms. The largest absolute Gasteiger partial charge is 0.507 e. The molecule has 0 fully saturated rings. The van der Waals surface area contributed by atoms with E-state index in [1.54, 1.807) is 17.0 Å². The van der Waals surface area contributed by atoms with Gasteiger partial charge in [-0.1, -0.05) is 72.6 Å². The van der Waals surface area contributed by atoms with Crippen molar-refractivity contribution in [1.82, 2.24) is 15.1 Å². The Morgan fingerprint density at radius 1 is 1.06 bits per heavy atom. The first-order valence-corrected chi connectivity index (χ1v) is 11.4. The second-order valence-corrected chi connectivity index (χ2v) is 8.89. The van der Waals surface area contributed by atoms with E-state index in [2.05, 4.69) is 29.3 Å². The molecule has 4 aromatic rings. The average Bonchev–Trinajstić information content (AvgIpc) is 3.36. The molecule has 2 heterocycles. The molecule has 1 unspecified atom stereocenters. The molecule has 7 heteroatoms. The SMILES string of the molecule is CCc1ccc(C2c3c(-c4cc(Cl)ccc4O)n[nH]c3C(=O)N2Cc2ccccc2Cl)cc1. The Hall–Kier alpha value is -3.28. The Balaban J connectivity index is 1.67. The van der Waals surface area contributed by atoms with Crippen molar-refractivity contribution in [2.75, 3.05) is 0 Å². The molecule has 2 N–H and O–H groups in total. The number of carbonyl (C=O) groups excluding carboxylic acids is 1. The lowest BCUT2D eigenvalue weighted by molar-refractivity contribution is 0.0730. The maximum absolute atomic E-state index is 13.5. The Morgan fingerprint density at radius 2 is 1.82 bits per heavy atom. The second kappa shape index (κ2) is 8.58. The molecule has 5 nitrogen and oxygen atoms in total. The molecule has 1 aromatic heterocycles. The van der Waals surface area contributed by atoms with Gasteiger partial charge in [0.15, 0.2) is 0 Å². The van der Waals surface area contributed by atoms with E-state index in [-0.39, 0.29) is 11.7 Å². The predicted octanol–water partition coefficient (Wildman–Crippen LogP) is 6.40. The van der Waals surface area contributed by atoms with E-state index in [0.29, 0.717) is 39.1 Å². The third-order valence-electron chi connectivity index (χ3n) is 6.08. The lowest BCUT2D eigenvalue weighted by Gasteiger charge is -2.27. The van der Waals surface area contributed by atoms with Crippen LogP contribution in [0, 0.1) is 0 Å². The zero-order chi connectivity index (χ0) is 23.1. The zero-order valence-electron chi connectivity index (χ0n) is 17.8. The number of H-pyrrole nitrogens is 1. The Kier molecular flexibility index (Phi) is 5.60. The summed E-state index contributed by atoms with van der Waals surface area (Å²) >= 11 is 12.6. The number of aromatic nitrogens is 2. The van der Waals surface area contributed by atoms with E-state index in [1.165, 1.54) is 11.6 Å². The van der Waals surface area contributed by atoms with Crippen LogP contribution in [0.3, 0.4) is 0 Å². The van der Waals surface area contributed by atoms with Crippen molar-refractivity contribution in [2.45, 2.75) is 25.9 Å². The van der Waals surface area contributed by atoms with Crippen LogP contribution >= 0.6 is 23.2 Å². The third-order valence-corrected chi connectivity index (χ3v) is 6.68. The molecule has 0 saturated heterocycles. The predicted molar refractivity (Wildman–Crippen MR) is 130 cm³/mol. The molecule has 1 atom stereocenters. The first kappa shape index (κ1) is 21.6. The summed E-state index contributed by atoms with van der Waals surface area (Å²) in [6.45, 7) is 2.44. The Labute approximate surface area is 201 Å². The number of benzene rings is 3. The van der Waals surface area contributed by atoms with Gasteiger partial charge in [-0.15, -0.1) is 0 Å². The van der Waals surface area contributed by atoms with Gasteiger partial charge >= 0.3 is 0 Å². The number of halogens is 2. The van der Waals surface area contributed by atoms with Crippen molar-refractivity contribution in [3.63, 3.8) is 0 Å². The minimum atomic E-state index is -0.401. The highest BCUT2D eigenvalue weighted by Crippen LogP contribution is 2.45. The maximum atomic E-state index is 13.5. The van der Waals surface area contributed by atoms with E-state index in [0.717, 1.165) is 17.5 Å². The Bertz CT molecular complexity index is 1350. The number of aryl methyl sites for hydroxylation is 1. The fourth-order valence-electron chi connectivity index (χ4n) is 4.36. The summed E-state index contributed by atoms with van der Waals surface area (Å²) in [5.74, 6) is -0.125. The highest BCUT2D eigenvalue weighted by atomic mass is 35.5. The van der Waals surface area contributed by atoms with E-state index in [9.17, 15) is 9.90 Å². The number of fused-ring (bicyclic) bond motifs is 1. The second-order valence-electron chi connectivity index (χ2n) is 8.04. The lowest BCUT2D eigenvalue weighted by atomic mass is 9.94. The van der Waals surface area contributed by atoms with E-state index in [4.69, 9.17) is 23.2 Å². The average molecular weight is 478 g/mol. The molecular weight excluding hydrogens is 457 g/mol. The summed E-state index contributed by atoms with van der Waals surface area (Å²) < 4.78 is 0. The minimum Gasteiger partial charge on any atom is -0.507 e. The molecular formula is C26H21Cl2N3O2. The number of nitrogens with zero attached hydrogens (tertiary/aromatic N) is 2. The fourth-order valence-corrected chi connectivity index (χ4v) is 4.72. The van der Waals surface area contributed by atoms with Gasteiger partial charge in [-0.05, 0) is 47.4 Å². The highest BCUT2D eigenvalue weighted by Gasteiger charge is 2.42. The third kappa shape index (κ3) is 3.77. The van der Waals surface area contributed by atoms with Gasteiger partial charge < -0.3 is 10.0 Å². The number of nitrogens with one attached hydrogen (secondary N) is 1. The summed E-state index contributed by atoms with van der Waals surface area (Å²) in [7, 11) is 0. The molecule has 0 radical (unpaired) electrons. The molecule has 166 valence electrons. The topological polar surface area (TPSA) is 69.2 Å². The normalized spacial score (nSPS) is 15.2. The summed E-state index contributed by atoms with van der Waals surface area (Å²) in [4.78, 5) is 15.3. The van der Waals surface area contributed by atoms with Crippen LogP contribution in [0.5, 0.6) is 5.75 Å². The van der Waals surface area contributed by atoms with Crippen molar-refractivity contribution in [3.05, 3.63) is 105 Å². The van der Waals surface area contributed by atoms with Gasteiger partial charge in [0.2, 0.25) is 0 Å². The molecule has 3 aromatic carbocycles. The van der Waals surface area contributed by atoms with E-state index < -0.39 is 6.04 Å². The van der Waals surface area contributed by atoms with Gasteiger partial charge in [0, 0.05) is 27.7 Å². The quantitative estimate of drug-likeness (QED) is 0.349. The summed E-state index contributed by atoms with van der Waals surface area (Å²) in [6, 6.07) is 20.1. The van der Waals surface area contributed by atoms with Crippen LogP contribution in [0.2, 0.25) is 10.0 Å². The van der Waals surface area contributed by atoms with Gasteiger partial charge in [-0.25, -0.2) is 0 Å². The zero-order valence-corrected chi connectivity index (χ0v) is 19.4. The summed E-state index contributed by atoms with van der Waals surface area (Å²) in [6.07, 6.45) is 0.922. The first-order chi connectivity index (χ1) is 16.0. The number of amides is 1. The van der Waals surface area contributed by atoms with Gasteiger partial charge in [0.1, 0.15) is 17.1 Å². The van der Waals surface area contributed by atoms with Crippen molar-refractivity contribution < 1.29 is 9.90 Å². The number of aromatic amines is 1. The van der Waals surface area contributed by atoms with E-state index in [1.807, 2.05) is 36.4 Å². The van der Waals surface area contributed by atoms with Crippen molar-refractivity contribution >= 4 is 29.1 Å². The number of phenols is 1. The molecule has 5 rings (SSSR count). The molecule has 0 aliphatic carbocycles. The number of phenolic OH excluding ortho intramolecular Hbond substituents is 1. The van der Waals surface area contributed by atoms with Crippen LogP contribution in [0.4, 0.5) is 0 Å². The van der Waals surface area contributed by atoms with Gasteiger partial charge in [-0.3, -0.25) is 9.89 Å². The van der Waals surface area contributed by atoms with Crippen LogP contribution in [-0.4, -0.2) is 26.1 Å². The lowest BCUT2D eigenvalue weighted by Crippen LogP contribution is -2.29. The monoisotopic (exact) mass is 477 g/mol. The molecule has 1 aliphatic heterocycles. The van der Waals surface area contributed by atoms with Crippen LogP contribution < -0.4 is 0 Å². The van der Waals surface area contributed by atoms with Crippen molar-refractivity contribution in [1.29, 1.82) is 0 Å². The number of carbonyl (C=O) groups is 1. The molecule has 1 amide bonds. The van der Waals surface area contributed by atoms with Crippen LogP contribution in [0.1, 0.15) is 45.7 Å². The van der Waals surface area contributed by atoms with Gasteiger partial charge in [0.25, 0.3) is 5.91 Å². The van der Waals surface area contributed by atoms with Crippen LogP contribution in [0.25, 0.3) is 11.3 Å². The standard InChI is InChI=1S/C26H21Cl2N3O2/c1-2-15-7-9-16(10-8-15)25-22-23(19-13-18(27)11-12-21(19)32)29-30-24(22)26(33)31(25)14-17-5-3-4-6-20(17)28/h3-13,25,32H,2,14H2,1H3,(H,29,30). The van der Waals surface area contributed by atoms with Crippen molar-refractivity contribution in [3.8, 4) is 17.0 Å². The number of hydrogen-bond acceptors (Lipinski definition) is 3. The Morgan fingerprint density at radius 3 is 2.55 bits per heavy atom. The summed E-state index contributed by atoms with van der Waals surface area (Å²) in [5, 5.41) is 18.9. The number of hydrogen-bond donors (Lipinski definition) is 2. The van der Waals surface area contributed by atoms with E-state index >= 15 is 0 Å². The molecule has 1 aliphatic rings. The smallest absolute Gasteiger partial charge is 0.273 e. The van der Waals surface area contributed by atoms with Gasteiger partial charge in [0.05, 0.1) is 6.04 Å². The van der Waals surface area contributed by atoms with Gasteiger partial charge in [-0.2, -0.15) is 5.10 Å². The minimum absolute atomic E-state index is 0.0470. The fraction of sp³-hybridized carbons (Fsp3) is 0.154. The van der Waals surface area contributed by atoms with Crippen LogP contribution in [-0.2, 0) is 13.0 Å². The van der Waals surface area contributed by atoms with Crippen molar-refractivity contribution in [2.24, 2.45) is 0 Å². The highest BCUT2D eigenvalue weighted by molar-refractivity contribution is 6.31. The number of rotatable bonds is 5. The molecule has 0 spiro atoms. The molecule has 0 bridgehead atoms.